The molecule has 0 aromatic rings. The first kappa shape index (κ1) is 9.90. The van der Waals surface area contributed by atoms with Crippen LogP contribution in [0.1, 0.15) is 12.8 Å². The average Bonchev–Trinajstić information content (AvgIpc) is 1.46. The molecule has 0 saturated heterocycles. The van der Waals surface area contributed by atoms with Crippen molar-refractivity contribution in [2.24, 2.45) is 0 Å². The molecule has 1 aliphatic carbocycles. The quantitative estimate of drug-likeness (QED) is 0.590. The van der Waals surface area contributed by atoms with E-state index in [1.807, 2.05) is 0 Å². The fraction of sp³-hybridized carbons (Fsp3) is 1.00. The number of hydrogen-bond acceptors (Lipinski definition) is 4. The molecular weight excluding hydrogens is 208 g/mol. The zero-order chi connectivity index (χ0) is 9.57. The lowest BCUT2D eigenvalue weighted by molar-refractivity contribution is 0.383. The molecule has 0 heterocycles. The molecule has 2 atom stereocenters. The minimum Gasteiger partial charge on any atom is -0.285 e. The van der Waals surface area contributed by atoms with Crippen molar-refractivity contribution < 1.29 is 25.9 Å². The highest BCUT2D eigenvalue weighted by molar-refractivity contribution is 7.90. The molecule has 72 valence electrons. The minimum absolute atomic E-state index is 0.0727. The fourth-order valence-corrected chi connectivity index (χ4v) is 3.87. The molecule has 0 spiro atoms. The Morgan fingerprint density at radius 1 is 0.833 bits per heavy atom. The summed E-state index contributed by atoms with van der Waals surface area (Å²) in [5.74, 6) is 0. The fourth-order valence-electron chi connectivity index (χ4n) is 1.12. The SMILES string of the molecule is O=S(=O)(O)C1CCC1S(=O)(=O)O. The van der Waals surface area contributed by atoms with Crippen LogP contribution in [0.4, 0.5) is 0 Å². The Morgan fingerprint density at radius 3 is 1.17 bits per heavy atom. The highest BCUT2D eigenvalue weighted by Gasteiger charge is 2.47. The summed E-state index contributed by atoms with van der Waals surface area (Å²) < 4.78 is 58.7. The molecule has 0 bridgehead atoms. The van der Waals surface area contributed by atoms with E-state index in [0.29, 0.717) is 0 Å². The van der Waals surface area contributed by atoms with Crippen LogP contribution in [0.5, 0.6) is 0 Å². The van der Waals surface area contributed by atoms with Gasteiger partial charge in [0.2, 0.25) is 0 Å². The van der Waals surface area contributed by atoms with E-state index in [4.69, 9.17) is 9.11 Å². The lowest BCUT2D eigenvalue weighted by Gasteiger charge is -2.30. The zero-order valence-electron chi connectivity index (χ0n) is 5.91. The topological polar surface area (TPSA) is 109 Å². The molecule has 6 nitrogen and oxygen atoms in total. The van der Waals surface area contributed by atoms with Crippen LogP contribution in [0.2, 0.25) is 0 Å². The predicted octanol–water partition coefficient (Wildman–Crippen LogP) is -0.707. The van der Waals surface area contributed by atoms with Gasteiger partial charge in [-0.05, 0) is 12.8 Å². The van der Waals surface area contributed by atoms with E-state index in [0.717, 1.165) is 0 Å². The van der Waals surface area contributed by atoms with Gasteiger partial charge in [-0.25, -0.2) is 0 Å². The molecular formula is C4H8O6S2. The predicted molar refractivity (Wildman–Crippen MR) is 39.9 cm³/mol. The summed E-state index contributed by atoms with van der Waals surface area (Å²) >= 11 is 0. The summed E-state index contributed by atoms with van der Waals surface area (Å²) in [7, 11) is -8.68. The maximum Gasteiger partial charge on any atom is 0.269 e. The number of hydrogen-bond donors (Lipinski definition) is 2. The third-order valence-corrected chi connectivity index (χ3v) is 4.75. The van der Waals surface area contributed by atoms with Crippen LogP contribution in [0.15, 0.2) is 0 Å². The Balaban J connectivity index is 2.90. The first-order chi connectivity index (χ1) is 5.23. The third kappa shape index (κ3) is 1.76. The van der Waals surface area contributed by atoms with E-state index in [2.05, 4.69) is 0 Å². The Bertz CT molecular complexity index is 326. The van der Waals surface area contributed by atoms with Crippen molar-refractivity contribution in [1.29, 1.82) is 0 Å². The van der Waals surface area contributed by atoms with Gasteiger partial charge in [0.15, 0.2) is 0 Å². The van der Waals surface area contributed by atoms with Crippen LogP contribution in [-0.2, 0) is 20.2 Å². The summed E-state index contributed by atoms with van der Waals surface area (Å²) in [6.45, 7) is 0. The van der Waals surface area contributed by atoms with Crippen molar-refractivity contribution in [3.05, 3.63) is 0 Å². The molecule has 12 heavy (non-hydrogen) atoms. The average molecular weight is 216 g/mol. The van der Waals surface area contributed by atoms with E-state index in [-0.39, 0.29) is 12.8 Å². The molecule has 0 amide bonds. The summed E-state index contributed by atoms with van der Waals surface area (Å²) in [6, 6.07) is 0. The number of rotatable bonds is 2. The molecule has 0 aliphatic heterocycles. The zero-order valence-corrected chi connectivity index (χ0v) is 7.55. The van der Waals surface area contributed by atoms with Crippen LogP contribution in [-0.4, -0.2) is 36.4 Å². The molecule has 2 unspecified atom stereocenters. The van der Waals surface area contributed by atoms with Crippen LogP contribution >= 0.6 is 0 Å². The lowest BCUT2D eigenvalue weighted by Crippen LogP contribution is -2.47. The molecule has 0 aromatic carbocycles. The van der Waals surface area contributed by atoms with Gasteiger partial charge in [-0.3, -0.25) is 9.11 Å². The van der Waals surface area contributed by atoms with Gasteiger partial charge < -0.3 is 0 Å². The van der Waals surface area contributed by atoms with Crippen LogP contribution < -0.4 is 0 Å². The van der Waals surface area contributed by atoms with Gasteiger partial charge in [-0.15, -0.1) is 0 Å². The van der Waals surface area contributed by atoms with Gasteiger partial charge in [-0.2, -0.15) is 16.8 Å². The molecule has 1 saturated carbocycles. The highest BCUT2D eigenvalue weighted by atomic mass is 32.2. The Morgan fingerprint density at radius 2 is 1.08 bits per heavy atom. The second-order valence-corrected chi connectivity index (χ2v) is 5.96. The Labute approximate surface area is 70.1 Å². The minimum atomic E-state index is -4.34. The van der Waals surface area contributed by atoms with Crippen molar-refractivity contribution >= 4 is 20.2 Å². The first-order valence-electron chi connectivity index (χ1n) is 3.15. The van der Waals surface area contributed by atoms with Gasteiger partial charge in [-0.1, -0.05) is 0 Å². The van der Waals surface area contributed by atoms with Gasteiger partial charge in [0.25, 0.3) is 20.2 Å². The summed E-state index contributed by atoms with van der Waals surface area (Å²) in [4.78, 5) is 0. The molecule has 2 N–H and O–H groups in total. The third-order valence-electron chi connectivity index (χ3n) is 1.92. The van der Waals surface area contributed by atoms with Crippen LogP contribution in [0.3, 0.4) is 0 Å². The first-order valence-corrected chi connectivity index (χ1v) is 6.16. The van der Waals surface area contributed by atoms with Gasteiger partial charge in [0.05, 0.1) is 0 Å². The molecule has 0 aromatic heterocycles. The van der Waals surface area contributed by atoms with Crippen molar-refractivity contribution in [3.63, 3.8) is 0 Å². The van der Waals surface area contributed by atoms with Gasteiger partial charge in [0, 0.05) is 0 Å². The summed E-state index contributed by atoms with van der Waals surface area (Å²) in [5, 5.41) is -2.71. The Kier molecular flexibility index (Phi) is 2.19. The monoisotopic (exact) mass is 216 g/mol. The molecule has 8 heteroatoms. The normalized spacial score (nSPS) is 31.2. The highest BCUT2D eigenvalue weighted by Crippen LogP contribution is 2.31. The van der Waals surface area contributed by atoms with Crippen LogP contribution in [0, 0.1) is 0 Å². The van der Waals surface area contributed by atoms with Gasteiger partial charge >= 0.3 is 0 Å². The second kappa shape index (κ2) is 2.66. The maximum absolute atomic E-state index is 10.5. The van der Waals surface area contributed by atoms with E-state index in [1.165, 1.54) is 0 Å². The Hall–Kier alpha value is -0.180. The second-order valence-electron chi connectivity index (χ2n) is 2.68. The van der Waals surface area contributed by atoms with Crippen molar-refractivity contribution in [2.45, 2.75) is 23.3 Å². The standard InChI is InChI=1S/C4H8O6S2/c5-11(6,7)3-1-2-4(3)12(8,9)10/h3-4H,1-2H2,(H,5,6,7)(H,8,9,10). The van der Waals surface area contributed by atoms with Gasteiger partial charge in [0.1, 0.15) is 10.5 Å². The summed E-state index contributed by atoms with van der Waals surface area (Å²) in [6.07, 6.45) is 0.145. The molecule has 1 aliphatic rings. The maximum atomic E-state index is 10.5. The van der Waals surface area contributed by atoms with Crippen molar-refractivity contribution in [3.8, 4) is 0 Å². The van der Waals surface area contributed by atoms with Crippen molar-refractivity contribution in [2.75, 3.05) is 0 Å². The smallest absolute Gasteiger partial charge is 0.269 e. The largest absolute Gasteiger partial charge is 0.285 e. The van der Waals surface area contributed by atoms with Crippen molar-refractivity contribution in [1.82, 2.24) is 0 Å². The van der Waals surface area contributed by atoms with E-state index < -0.39 is 30.7 Å². The van der Waals surface area contributed by atoms with Crippen LogP contribution in [0.25, 0.3) is 0 Å². The van der Waals surface area contributed by atoms with E-state index in [9.17, 15) is 16.8 Å². The lowest BCUT2D eigenvalue weighted by atomic mass is 9.99. The molecule has 0 radical (unpaired) electrons. The molecule has 1 fully saturated rings. The molecule has 1 rings (SSSR count). The summed E-state index contributed by atoms with van der Waals surface area (Å²) in [5.41, 5.74) is 0. The van der Waals surface area contributed by atoms with E-state index in [1.54, 1.807) is 0 Å². The van der Waals surface area contributed by atoms with E-state index >= 15 is 0 Å².